The topological polar surface area (TPSA) is 86.0 Å². The molecule has 4 aromatic rings. The molecule has 33 heavy (non-hydrogen) atoms. The maximum absolute atomic E-state index is 13.2. The Kier molecular flexibility index (Phi) is 6.51. The van der Waals surface area contributed by atoms with Crippen molar-refractivity contribution in [3.8, 4) is 5.69 Å². The van der Waals surface area contributed by atoms with Crippen LogP contribution in [-0.4, -0.2) is 20.3 Å². The number of hydrogen-bond acceptors (Lipinski definition) is 4. The average Bonchev–Trinajstić information content (AvgIpc) is 2.83. The van der Waals surface area contributed by atoms with Gasteiger partial charge in [-0.2, -0.15) is 9.78 Å². The van der Waals surface area contributed by atoms with Gasteiger partial charge in [-0.1, -0.05) is 77.8 Å². The number of halogens is 1. The molecule has 0 radical (unpaired) electrons. The zero-order valence-electron chi connectivity index (χ0n) is 17.9. The van der Waals surface area contributed by atoms with E-state index in [9.17, 15) is 14.4 Å². The number of nitrogens with one attached hydrogen (secondary N) is 1. The summed E-state index contributed by atoms with van der Waals surface area (Å²) in [6.45, 7) is 2.04. The first-order valence-corrected chi connectivity index (χ1v) is 10.7. The minimum Gasteiger partial charge on any atom is -0.346 e. The minimum atomic E-state index is -0.783. The van der Waals surface area contributed by atoms with Crippen LogP contribution in [0.3, 0.4) is 0 Å². The van der Waals surface area contributed by atoms with Crippen molar-refractivity contribution in [3.05, 3.63) is 127 Å². The van der Waals surface area contributed by atoms with Crippen LogP contribution in [0.4, 0.5) is 0 Å². The van der Waals surface area contributed by atoms with E-state index in [1.807, 2.05) is 49.4 Å². The number of aryl methyl sites for hydroxylation is 1. The van der Waals surface area contributed by atoms with E-state index in [1.54, 1.807) is 36.4 Å². The van der Waals surface area contributed by atoms with Crippen LogP contribution in [0.2, 0.25) is 5.02 Å². The summed E-state index contributed by atoms with van der Waals surface area (Å²) in [5, 5.41) is 7.26. The average molecular weight is 461 g/mol. The Morgan fingerprint density at radius 3 is 2.30 bits per heavy atom. The SMILES string of the molecule is Cc1ccc(-n2nc(C(=O)NCc3ccccc3)c(=O)n(Cc3ccccc3Cl)c2=O)cc1. The van der Waals surface area contributed by atoms with E-state index < -0.39 is 17.2 Å². The van der Waals surface area contributed by atoms with E-state index in [0.29, 0.717) is 16.3 Å². The number of carbonyl (C=O) groups is 1. The zero-order chi connectivity index (χ0) is 23.4. The molecule has 166 valence electrons. The van der Waals surface area contributed by atoms with E-state index in [4.69, 9.17) is 11.6 Å². The molecule has 8 heteroatoms. The number of aromatic nitrogens is 3. The monoisotopic (exact) mass is 460 g/mol. The van der Waals surface area contributed by atoms with Crippen molar-refractivity contribution in [3.63, 3.8) is 0 Å². The predicted octanol–water partition coefficient (Wildman–Crippen LogP) is 3.33. The fraction of sp³-hybridized carbons (Fsp3) is 0.120. The lowest BCUT2D eigenvalue weighted by Crippen LogP contribution is -2.46. The van der Waals surface area contributed by atoms with Crippen molar-refractivity contribution in [1.29, 1.82) is 0 Å². The van der Waals surface area contributed by atoms with E-state index in [1.165, 1.54) is 0 Å². The first-order valence-electron chi connectivity index (χ1n) is 10.3. The maximum Gasteiger partial charge on any atom is 0.352 e. The number of carbonyl (C=O) groups excluding carboxylic acids is 1. The minimum absolute atomic E-state index is 0.0926. The van der Waals surface area contributed by atoms with Gasteiger partial charge in [0.1, 0.15) is 0 Å². The summed E-state index contributed by atoms with van der Waals surface area (Å²) in [5.41, 5.74) is 1.06. The van der Waals surface area contributed by atoms with Crippen LogP contribution in [0.1, 0.15) is 27.2 Å². The van der Waals surface area contributed by atoms with Gasteiger partial charge in [0.15, 0.2) is 0 Å². The highest BCUT2D eigenvalue weighted by atomic mass is 35.5. The molecule has 0 saturated carbocycles. The molecule has 0 aliphatic carbocycles. The molecule has 1 N–H and O–H groups in total. The largest absolute Gasteiger partial charge is 0.352 e. The summed E-state index contributed by atoms with van der Waals surface area (Å²) in [6.07, 6.45) is 0. The summed E-state index contributed by atoms with van der Waals surface area (Å²) in [6, 6.07) is 23.3. The predicted molar refractivity (Wildman–Crippen MR) is 127 cm³/mol. The lowest BCUT2D eigenvalue weighted by atomic mass is 10.2. The van der Waals surface area contributed by atoms with Crippen LogP contribution in [-0.2, 0) is 13.1 Å². The molecule has 1 amide bonds. The van der Waals surface area contributed by atoms with Crippen LogP contribution in [0.5, 0.6) is 0 Å². The second-order valence-corrected chi connectivity index (χ2v) is 7.94. The van der Waals surface area contributed by atoms with Gasteiger partial charge in [-0.05, 0) is 36.2 Å². The Morgan fingerprint density at radius 2 is 1.61 bits per heavy atom. The number of amides is 1. The summed E-state index contributed by atoms with van der Waals surface area (Å²) in [5.74, 6) is -0.669. The number of hydrogen-bond donors (Lipinski definition) is 1. The lowest BCUT2D eigenvalue weighted by Gasteiger charge is -2.13. The first-order chi connectivity index (χ1) is 15.9. The van der Waals surface area contributed by atoms with Crippen molar-refractivity contribution >= 4 is 17.5 Å². The molecule has 0 saturated heterocycles. The molecule has 0 spiro atoms. The van der Waals surface area contributed by atoms with Gasteiger partial charge in [-0.15, -0.1) is 0 Å². The van der Waals surface area contributed by atoms with Gasteiger partial charge < -0.3 is 5.32 Å². The third-order valence-corrected chi connectivity index (χ3v) is 5.50. The smallest absolute Gasteiger partial charge is 0.346 e. The van der Waals surface area contributed by atoms with Gasteiger partial charge in [0.2, 0.25) is 5.69 Å². The second kappa shape index (κ2) is 9.67. The van der Waals surface area contributed by atoms with E-state index in [0.717, 1.165) is 20.4 Å². The normalized spacial score (nSPS) is 10.7. The summed E-state index contributed by atoms with van der Waals surface area (Å²) >= 11 is 6.25. The third-order valence-electron chi connectivity index (χ3n) is 5.14. The molecular formula is C25H21ClN4O3. The molecule has 0 unspecified atom stereocenters. The van der Waals surface area contributed by atoms with Gasteiger partial charge in [0.05, 0.1) is 12.2 Å². The van der Waals surface area contributed by atoms with Crippen molar-refractivity contribution in [2.45, 2.75) is 20.0 Å². The van der Waals surface area contributed by atoms with Crippen LogP contribution < -0.4 is 16.6 Å². The maximum atomic E-state index is 13.2. The van der Waals surface area contributed by atoms with E-state index in [-0.39, 0.29) is 18.8 Å². The Hall–Kier alpha value is -3.97. The zero-order valence-corrected chi connectivity index (χ0v) is 18.6. The molecular weight excluding hydrogens is 440 g/mol. The van der Waals surface area contributed by atoms with Crippen molar-refractivity contribution < 1.29 is 4.79 Å². The number of benzene rings is 3. The van der Waals surface area contributed by atoms with Crippen LogP contribution >= 0.6 is 11.6 Å². The molecule has 4 rings (SSSR count). The van der Waals surface area contributed by atoms with Crippen molar-refractivity contribution in [2.24, 2.45) is 0 Å². The molecule has 0 aliphatic heterocycles. The van der Waals surface area contributed by atoms with Gasteiger partial charge in [0.25, 0.3) is 11.5 Å². The third kappa shape index (κ3) is 4.94. The summed E-state index contributed by atoms with van der Waals surface area (Å²) in [7, 11) is 0. The highest BCUT2D eigenvalue weighted by Crippen LogP contribution is 2.15. The van der Waals surface area contributed by atoms with Crippen molar-refractivity contribution in [1.82, 2.24) is 19.7 Å². The van der Waals surface area contributed by atoms with Crippen LogP contribution in [0, 0.1) is 6.92 Å². The van der Waals surface area contributed by atoms with Gasteiger partial charge in [0, 0.05) is 11.6 Å². The quantitative estimate of drug-likeness (QED) is 0.478. The van der Waals surface area contributed by atoms with E-state index >= 15 is 0 Å². The van der Waals surface area contributed by atoms with Gasteiger partial charge >= 0.3 is 5.69 Å². The van der Waals surface area contributed by atoms with E-state index in [2.05, 4.69) is 10.4 Å². The highest BCUT2D eigenvalue weighted by molar-refractivity contribution is 6.31. The Balaban J connectivity index is 1.79. The Labute approximate surface area is 194 Å². The molecule has 3 aromatic carbocycles. The molecule has 7 nitrogen and oxygen atoms in total. The van der Waals surface area contributed by atoms with Crippen molar-refractivity contribution in [2.75, 3.05) is 0 Å². The van der Waals surface area contributed by atoms with Crippen LogP contribution in [0.15, 0.2) is 88.5 Å². The van der Waals surface area contributed by atoms with Gasteiger partial charge in [-0.25, -0.2) is 4.79 Å². The Morgan fingerprint density at radius 1 is 0.939 bits per heavy atom. The van der Waals surface area contributed by atoms with Crippen LogP contribution in [0.25, 0.3) is 5.69 Å². The molecule has 0 bridgehead atoms. The fourth-order valence-electron chi connectivity index (χ4n) is 3.31. The lowest BCUT2D eigenvalue weighted by molar-refractivity contribution is 0.0941. The second-order valence-electron chi connectivity index (χ2n) is 7.53. The molecule has 0 fully saturated rings. The summed E-state index contributed by atoms with van der Waals surface area (Å²) in [4.78, 5) is 39.3. The Bertz CT molecular complexity index is 1410. The van der Waals surface area contributed by atoms with Gasteiger partial charge in [-0.3, -0.25) is 14.2 Å². The molecule has 0 atom stereocenters. The molecule has 0 aliphatic rings. The first kappa shape index (κ1) is 22.2. The standard InChI is InChI=1S/C25H21ClN4O3/c1-17-11-13-20(14-12-17)30-25(33)29(16-19-9-5-6-10-21(19)26)24(32)22(28-30)23(31)27-15-18-7-3-2-4-8-18/h2-14H,15-16H2,1H3,(H,27,31). The number of rotatable bonds is 6. The highest BCUT2D eigenvalue weighted by Gasteiger charge is 2.21. The summed E-state index contributed by atoms with van der Waals surface area (Å²) < 4.78 is 2.04. The fourth-order valence-corrected chi connectivity index (χ4v) is 3.51. The molecule has 1 heterocycles. The number of nitrogens with zero attached hydrogens (tertiary/aromatic N) is 3. The molecule has 1 aromatic heterocycles.